The van der Waals surface area contributed by atoms with Gasteiger partial charge in [0.15, 0.2) is 0 Å². The van der Waals surface area contributed by atoms with Gasteiger partial charge in [0, 0.05) is 18.0 Å². The third-order valence-corrected chi connectivity index (χ3v) is 4.26. The Morgan fingerprint density at radius 1 is 1.33 bits per heavy atom. The molecule has 9 heteroatoms. The topological polar surface area (TPSA) is 110 Å². The van der Waals surface area contributed by atoms with Crippen LogP contribution in [0.25, 0.3) is 10.9 Å². The van der Waals surface area contributed by atoms with Crippen molar-refractivity contribution in [3.63, 3.8) is 0 Å². The maximum absolute atomic E-state index is 13.4. The van der Waals surface area contributed by atoms with Gasteiger partial charge in [0.2, 0.25) is 5.91 Å². The van der Waals surface area contributed by atoms with Gasteiger partial charge in [-0.3, -0.25) is 14.6 Å². The average molecular weight is 369 g/mol. The summed E-state index contributed by atoms with van der Waals surface area (Å²) in [4.78, 5) is 29.5. The van der Waals surface area contributed by atoms with Crippen LogP contribution in [-0.2, 0) is 4.79 Å². The number of rotatable bonds is 3. The Labute approximate surface area is 152 Å². The number of halogens is 2. The van der Waals surface area contributed by atoms with Crippen LogP contribution in [0.1, 0.15) is 22.3 Å². The molecule has 1 N–H and O–H groups in total. The molecular formula is C18H13F2N5O2. The fraction of sp³-hybridized carbons (Fsp3) is 0.278. The molecule has 0 radical (unpaired) electrons. The molecule has 1 saturated heterocycles. The summed E-state index contributed by atoms with van der Waals surface area (Å²) in [5, 5.41) is 20.7. The van der Waals surface area contributed by atoms with Crippen molar-refractivity contribution in [3.05, 3.63) is 41.6 Å². The van der Waals surface area contributed by atoms with E-state index in [4.69, 9.17) is 10.5 Å². The molecule has 1 aromatic heterocycles. The molecule has 0 saturated carbocycles. The van der Waals surface area contributed by atoms with Crippen molar-refractivity contribution < 1.29 is 18.4 Å². The fourth-order valence-electron chi connectivity index (χ4n) is 2.96. The van der Waals surface area contributed by atoms with E-state index in [1.54, 1.807) is 12.1 Å². The molecule has 0 bridgehead atoms. The molecular weight excluding hydrogens is 356 g/mol. The number of carbonyl (C=O) groups is 2. The second-order valence-corrected chi connectivity index (χ2v) is 6.11. The number of nitrogens with one attached hydrogen (secondary N) is 1. The first-order chi connectivity index (χ1) is 12.8. The first kappa shape index (κ1) is 18.2. The number of likely N-dealkylation sites (tertiary alicyclic amines) is 1. The van der Waals surface area contributed by atoms with Crippen LogP contribution in [0.3, 0.4) is 0 Å². The number of aromatic nitrogens is 1. The lowest BCUT2D eigenvalue weighted by Crippen LogP contribution is -2.43. The summed E-state index contributed by atoms with van der Waals surface area (Å²) in [5.74, 6) is -4.45. The predicted octanol–water partition coefficient (Wildman–Crippen LogP) is 1.60. The van der Waals surface area contributed by atoms with Crippen LogP contribution < -0.4 is 5.32 Å². The molecule has 136 valence electrons. The Kier molecular flexibility index (Phi) is 4.70. The van der Waals surface area contributed by atoms with Crippen LogP contribution in [0.4, 0.5) is 8.78 Å². The molecule has 0 spiro atoms. The summed E-state index contributed by atoms with van der Waals surface area (Å²) >= 11 is 0. The van der Waals surface area contributed by atoms with Crippen molar-refractivity contribution in [3.8, 4) is 12.1 Å². The lowest BCUT2D eigenvalue weighted by Gasteiger charge is -2.19. The molecule has 2 heterocycles. The second-order valence-electron chi connectivity index (χ2n) is 6.11. The van der Waals surface area contributed by atoms with Gasteiger partial charge in [0.1, 0.15) is 6.04 Å². The van der Waals surface area contributed by atoms with Crippen molar-refractivity contribution >= 4 is 22.7 Å². The van der Waals surface area contributed by atoms with Crippen molar-refractivity contribution in [1.82, 2.24) is 15.2 Å². The van der Waals surface area contributed by atoms with Crippen LogP contribution in [0.5, 0.6) is 0 Å². The highest BCUT2D eigenvalue weighted by Crippen LogP contribution is 2.31. The van der Waals surface area contributed by atoms with Crippen molar-refractivity contribution in [2.75, 3.05) is 13.1 Å². The van der Waals surface area contributed by atoms with Gasteiger partial charge in [-0.05, 0) is 18.2 Å². The van der Waals surface area contributed by atoms with Crippen LogP contribution in [-0.4, -0.2) is 46.8 Å². The van der Waals surface area contributed by atoms with Crippen molar-refractivity contribution in [1.29, 1.82) is 10.5 Å². The van der Waals surface area contributed by atoms with Crippen LogP contribution in [0, 0.1) is 22.7 Å². The van der Waals surface area contributed by atoms with Gasteiger partial charge in [-0.15, -0.1) is 0 Å². The molecule has 0 unspecified atom stereocenters. The minimum Gasteiger partial charge on any atom is -0.343 e. The number of nitriles is 2. The van der Waals surface area contributed by atoms with Crippen molar-refractivity contribution in [2.45, 2.75) is 18.4 Å². The van der Waals surface area contributed by atoms with Gasteiger partial charge in [-0.2, -0.15) is 10.5 Å². The van der Waals surface area contributed by atoms with E-state index in [1.165, 1.54) is 24.4 Å². The summed E-state index contributed by atoms with van der Waals surface area (Å²) in [6, 6.07) is 8.54. The van der Waals surface area contributed by atoms with Crippen LogP contribution in [0.2, 0.25) is 0 Å². The third-order valence-electron chi connectivity index (χ3n) is 4.26. The molecule has 27 heavy (non-hydrogen) atoms. The maximum Gasteiger partial charge on any atom is 0.268 e. The zero-order valence-electron chi connectivity index (χ0n) is 13.9. The number of hydrogen-bond donors (Lipinski definition) is 1. The number of benzene rings is 1. The number of nitrogens with zero attached hydrogens (tertiary/aromatic N) is 4. The molecule has 1 aromatic carbocycles. The monoisotopic (exact) mass is 369 g/mol. The summed E-state index contributed by atoms with van der Waals surface area (Å²) in [7, 11) is 0. The second kappa shape index (κ2) is 6.96. The van der Waals surface area contributed by atoms with Gasteiger partial charge >= 0.3 is 0 Å². The molecule has 2 amide bonds. The first-order valence-corrected chi connectivity index (χ1v) is 7.98. The van der Waals surface area contributed by atoms with Gasteiger partial charge < -0.3 is 10.2 Å². The number of fused-ring (bicyclic) bond motifs is 1. The molecule has 0 aliphatic carbocycles. The average Bonchev–Trinajstić information content (AvgIpc) is 2.99. The lowest BCUT2D eigenvalue weighted by atomic mass is 10.1. The summed E-state index contributed by atoms with van der Waals surface area (Å²) in [6.45, 7) is -1.34. The Morgan fingerprint density at radius 3 is 2.81 bits per heavy atom. The summed E-state index contributed by atoms with van der Waals surface area (Å²) in [5.41, 5.74) is 1.07. The Balaban J connectivity index is 1.73. The minimum atomic E-state index is -3.11. The van der Waals surface area contributed by atoms with Gasteiger partial charge in [0.25, 0.3) is 11.8 Å². The molecule has 1 atom stereocenters. The van der Waals surface area contributed by atoms with E-state index in [0.717, 1.165) is 4.90 Å². The summed E-state index contributed by atoms with van der Waals surface area (Å²) in [6.07, 6.45) is 0.687. The van der Waals surface area contributed by atoms with Crippen LogP contribution >= 0.6 is 0 Å². The lowest BCUT2D eigenvalue weighted by molar-refractivity contribution is -0.131. The third kappa shape index (κ3) is 3.67. The van der Waals surface area contributed by atoms with E-state index < -0.39 is 43.3 Å². The zero-order chi connectivity index (χ0) is 19.6. The Hall–Kier alpha value is -3.59. The molecule has 1 aliphatic heterocycles. The smallest absolute Gasteiger partial charge is 0.268 e. The van der Waals surface area contributed by atoms with E-state index >= 15 is 0 Å². The molecule has 7 nitrogen and oxygen atoms in total. The minimum absolute atomic E-state index is 0.237. The molecule has 1 fully saturated rings. The largest absolute Gasteiger partial charge is 0.343 e. The number of carbonyl (C=O) groups excluding carboxylic acids is 2. The zero-order valence-corrected chi connectivity index (χ0v) is 13.9. The van der Waals surface area contributed by atoms with Gasteiger partial charge in [0.05, 0.1) is 41.9 Å². The molecule has 1 aliphatic rings. The van der Waals surface area contributed by atoms with Crippen LogP contribution in [0.15, 0.2) is 30.5 Å². The number of amides is 2. The van der Waals surface area contributed by atoms with E-state index in [2.05, 4.69) is 10.3 Å². The predicted molar refractivity (Wildman–Crippen MR) is 89.5 cm³/mol. The molecule has 3 rings (SSSR count). The van der Waals surface area contributed by atoms with E-state index in [9.17, 15) is 18.4 Å². The summed E-state index contributed by atoms with van der Waals surface area (Å²) < 4.78 is 26.9. The Morgan fingerprint density at radius 2 is 2.11 bits per heavy atom. The fourth-order valence-corrected chi connectivity index (χ4v) is 2.96. The normalized spacial score (nSPS) is 17.9. The Bertz CT molecular complexity index is 1010. The van der Waals surface area contributed by atoms with E-state index in [0.29, 0.717) is 16.5 Å². The van der Waals surface area contributed by atoms with E-state index in [-0.39, 0.29) is 5.56 Å². The van der Waals surface area contributed by atoms with Gasteiger partial charge in [-0.1, -0.05) is 6.07 Å². The van der Waals surface area contributed by atoms with Crippen molar-refractivity contribution in [2.24, 2.45) is 0 Å². The highest BCUT2D eigenvalue weighted by atomic mass is 19.3. The number of hydrogen-bond acceptors (Lipinski definition) is 5. The first-order valence-electron chi connectivity index (χ1n) is 7.98. The number of pyridine rings is 1. The van der Waals surface area contributed by atoms with E-state index in [1.807, 2.05) is 6.07 Å². The highest BCUT2D eigenvalue weighted by Gasteiger charge is 2.47. The number of alkyl halides is 2. The highest BCUT2D eigenvalue weighted by molar-refractivity contribution is 6.07. The SMILES string of the molecule is N#Cc1ccc2c(C(=O)NCC(=O)N3CC(F)(F)C[C@H]3C#N)ccnc2c1. The maximum atomic E-state index is 13.4. The molecule has 2 aromatic rings. The standard InChI is InChI=1S/C18H13F2N5O2/c19-18(20)6-12(8-22)25(10-18)16(26)9-24-17(27)14-3-4-23-15-5-11(7-21)1-2-13(14)15/h1-5,12H,6,9-10H2,(H,24,27)/t12-/m0/s1. The quantitative estimate of drug-likeness (QED) is 0.884. The van der Waals surface area contributed by atoms with Gasteiger partial charge in [-0.25, -0.2) is 8.78 Å².